The molecule has 0 aromatic heterocycles. The van der Waals surface area contributed by atoms with Crippen LogP contribution in [0.15, 0.2) is 17.1 Å². The van der Waals surface area contributed by atoms with Gasteiger partial charge in [-0.05, 0) is 50.6 Å². The van der Waals surface area contributed by atoms with Crippen LogP contribution in [0.2, 0.25) is 0 Å². The summed E-state index contributed by atoms with van der Waals surface area (Å²) in [7, 11) is 0. The van der Waals surface area contributed by atoms with E-state index in [0.29, 0.717) is 0 Å². The molecule has 5 N–H and O–H groups in total. The molecule has 0 saturated carbocycles. The summed E-state index contributed by atoms with van der Waals surface area (Å²) in [6.45, 7) is 8.55. The van der Waals surface area contributed by atoms with E-state index in [2.05, 4.69) is 40.8 Å². The van der Waals surface area contributed by atoms with Crippen LogP contribution in [0.4, 0.5) is 0 Å². The van der Waals surface area contributed by atoms with Crippen molar-refractivity contribution in [2.24, 2.45) is 22.4 Å². The van der Waals surface area contributed by atoms with Gasteiger partial charge in [-0.15, -0.1) is 0 Å². The lowest BCUT2D eigenvalue weighted by atomic mass is 10.0. The first kappa shape index (κ1) is 29.1. The van der Waals surface area contributed by atoms with Crippen LogP contribution >= 0.6 is 0 Å². The zero-order chi connectivity index (χ0) is 24.7. The monoisotopic (exact) mass is 477 g/mol. The summed E-state index contributed by atoms with van der Waals surface area (Å²) < 4.78 is 0. The number of hydrogen-bond donors (Lipinski definition) is 3. The average molecular weight is 478 g/mol. The molecule has 0 spiro atoms. The molecule has 0 amide bonds. The highest BCUT2D eigenvalue weighted by atomic mass is 16.3. The van der Waals surface area contributed by atoms with E-state index in [0.717, 1.165) is 70.6 Å². The van der Waals surface area contributed by atoms with Crippen LogP contribution in [0.1, 0.15) is 117 Å². The SMILES string of the molecule is CC(C)CCCCCCCCCCCCC1(O)C=CC2N(CCCCCN=C(N)N)CCCN21. The van der Waals surface area contributed by atoms with Gasteiger partial charge in [0.25, 0.3) is 0 Å². The summed E-state index contributed by atoms with van der Waals surface area (Å²) in [5.41, 5.74) is 10.0. The molecule has 0 radical (unpaired) electrons. The number of fused-ring (bicyclic) bond motifs is 1. The summed E-state index contributed by atoms with van der Waals surface area (Å²) in [5.74, 6) is 1.04. The Morgan fingerprint density at radius 3 is 2.18 bits per heavy atom. The minimum atomic E-state index is -0.743. The van der Waals surface area contributed by atoms with Crippen molar-refractivity contribution in [1.29, 1.82) is 0 Å². The van der Waals surface area contributed by atoms with Crippen LogP contribution < -0.4 is 11.5 Å². The molecule has 2 unspecified atom stereocenters. The molecule has 2 aliphatic heterocycles. The summed E-state index contributed by atoms with van der Waals surface area (Å²) in [6, 6.07) is 0. The molecule has 1 saturated heterocycles. The van der Waals surface area contributed by atoms with E-state index in [1.165, 1.54) is 64.2 Å². The van der Waals surface area contributed by atoms with Crippen LogP contribution in [0.5, 0.6) is 0 Å². The number of nitrogens with two attached hydrogens (primary N) is 2. The molecule has 2 heterocycles. The second kappa shape index (κ2) is 16.5. The van der Waals surface area contributed by atoms with E-state index >= 15 is 0 Å². The van der Waals surface area contributed by atoms with Crippen molar-refractivity contribution in [1.82, 2.24) is 9.80 Å². The molecule has 6 heteroatoms. The second-order valence-electron chi connectivity index (χ2n) is 11.1. The minimum Gasteiger partial charge on any atom is -0.372 e. The van der Waals surface area contributed by atoms with Crippen LogP contribution in [0.3, 0.4) is 0 Å². The first-order valence-electron chi connectivity index (χ1n) is 14.4. The highest BCUT2D eigenvalue weighted by Crippen LogP contribution is 2.34. The molecule has 2 aliphatic rings. The first-order chi connectivity index (χ1) is 16.4. The van der Waals surface area contributed by atoms with E-state index in [4.69, 9.17) is 11.5 Å². The van der Waals surface area contributed by atoms with Crippen molar-refractivity contribution in [3.05, 3.63) is 12.2 Å². The molecule has 6 nitrogen and oxygen atoms in total. The van der Waals surface area contributed by atoms with Crippen molar-refractivity contribution in [3.63, 3.8) is 0 Å². The van der Waals surface area contributed by atoms with Crippen molar-refractivity contribution >= 4 is 5.96 Å². The maximum atomic E-state index is 11.3. The molecule has 1 fully saturated rings. The van der Waals surface area contributed by atoms with Gasteiger partial charge >= 0.3 is 0 Å². The molecular weight excluding hydrogens is 422 g/mol. The van der Waals surface area contributed by atoms with Crippen LogP contribution in [-0.4, -0.2) is 58.9 Å². The zero-order valence-corrected chi connectivity index (χ0v) is 22.4. The lowest BCUT2D eigenvalue weighted by Crippen LogP contribution is -2.58. The average Bonchev–Trinajstić information content (AvgIpc) is 3.14. The Kier molecular flexibility index (Phi) is 14.2. The second-order valence-corrected chi connectivity index (χ2v) is 11.1. The Hall–Kier alpha value is -1.11. The van der Waals surface area contributed by atoms with E-state index < -0.39 is 5.72 Å². The Bertz CT molecular complexity index is 589. The van der Waals surface area contributed by atoms with Gasteiger partial charge in [-0.3, -0.25) is 14.8 Å². The molecular formula is C28H55N5O. The summed E-state index contributed by atoms with van der Waals surface area (Å²) >= 11 is 0. The third kappa shape index (κ3) is 11.1. The third-order valence-electron chi connectivity index (χ3n) is 7.54. The van der Waals surface area contributed by atoms with E-state index in [1.807, 2.05) is 0 Å². The van der Waals surface area contributed by atoms with Gasteiger partial charge in [0, 0.05) is 19.6 Å². The largest absolute Gasteiger partial charge is 0.372 e. The Labute approximate surface area is 210 Å². The molecule has 2 rings (SSSR count). The normalized spacial score (nSPS) is 23.0. The lowest BCUT2D eigenvalue weighted by Gasteiger charge is -2.45. The Morgan fingerprint density at radius 2 is 1.53 bits per heavy atom. The number of aliphatic hydroxyl groups is 1. The van der Waals surface area contributed by atoms with Gasteiger partial charge in [-0.2, -0.15) is 0 Å². The fraction of sp³-hybridized carbons (Fsp3) is 0.893. The van der Waals surface area contributed by atoms with Gasteiger partial charge in [0.2, 0.25) is 0 Å². The number of guanidine groups is 1. The highest BCUT2D eigenvalue weighted by Gasteiger charge is 2.43. The number of unbranched alkanes of at least 4 members (excludes halogenated alkanes) is 11. The molecule has 0 aliphatic carbocycles. The van der Waals surface area contributed by atoms with Gasteiger partial charge in [0.1, 0.15) is 5.72 Å². The standard InChI is InChI=1S/C28H55N5O/c1-25(2)17-12-9-7-5-3-4-6-8-10-13-19-28(34)20-18-26-32(23-16-24-33(26)28)22-15-11-14-21-31-27(29)30/h18,20,25-26,34H,3-17,19,21-24H2,1-2H3,(H4,29,30,31). The highest BCUT2D eigenvalue weighted by molar-refractivity contribution is 5.75. The minimum absolute atomic E-state index is 0.185. The Balaban J connectivity index is 1.53. The fourth-order valence-corrected chi connectivity index (χ4v) is 5.52. The topological polar surface area (TPSA) is 91.1 Å². The van der Waals surface area contributed by atoms with E-state index in [9.17, 15) is 5.11 Å². The predicted molar refractivity (Wildman–Crippen MR) is 146 cm³/mol. The summed E-state index contributed by atoms with van der Waals surface area (Å²) in [5, 5.41) is 11.3. The number of rotatable bonds is 19. The molecule has 198 valence electrons. The third-order valence-corrected chi connectivity index (χ3v) is 7.54. The van der Waals surface area contributed by atoms with Crippen LogP contribution in [0, 0.1) is 5.92 Å². The number of nitrogens with zero attached hydrogens (tertiary/aromatic N) is 3. The summed E-state index contributed by atoms with van der Waals surface area (Å²) in [4.78, 5) is 8.92. The molecule has 34 heavy (non-hydrogen) atoms. The van der Waals surface area contributed by atoms with Crippen molar-refractivity contribution in [3.8, 4) is 0 Å². The van der Waals surface area contributed by atoms with Gasteiger partial charge in [-0.25, -0.2) is 0 Å². The first-order valence-corrected chi connectivity index (χ1v) is 14.4. The van der Waals surface area contributed by atoms with E-state index in [1.54, 1.807) is 0 Å². The van der Waals surface area contributed by atoms with Gasteiger partial charge < -0.3 is 16.6 Å². The molecule has 0 bridgehead atoms. The predicted octanol–water partition coefficient (Wildman–Crippen LogP) is 5.36. The smallest absolute Gasteiger partial charge is 0.185 e. The van der Waals surface area contributed by atoms with E-state index in [-0.39, 0.29) is 12.1 Å². The van der Waals surface area contributed by atoms with Gasteiger partial charge in [-0.1, -0.05) is 90.6 Å². The van der Waals surface area contributed by atoms with Crippen LogP contribution in [-0.2, 0) is 0 Å². The van der Waals surface area contributed by atoms with Gasteiger partial charge in [0.05, 0.1) is 6.17 Å². The van der Waals surface area contributed by atoms with Crippen molar-refractivity contribution in [2.45, 2.75) is 128 Å². The fourth-order valence-electron chi connectivity index (χ4n) is 5.52. The van der Waals surface area contributed by atoms with Crippen molar-refractivity contribution < 1.29 is 5.11 Å². The number of aliphatic imine (C=N–C) groups is 1. The maximum Gasteiger partial charge on any atom is 0.185 e. The quantitative estimate of drug-likeness (QED) is 0.101. The van der Waals surface area contributed by atoms with Crippen LogP contribution in [0.25, 0.3) is 0 Å². The zero-order valence-electron chi connectivity index (χ0n) is 22.4. The number of hydrogen-bond acceptors (Lipinski definition) is 4. The van der Waals surface area contributed by atoms with Crippen molar-refractivity contribution in [2.75, 3.05) is 26.2 Å². The summed E-state index contributed by atoms with van der Waals surface area (Å²) in [6.07, 6.45) is 24.7. The van der Waals surface area contributed by atoms with Gasteiger partial charge in [0.15, 0.2) is 5.96 Å². The lowest BCUT2D eigenvalue weighted by molar-refractivity contribution is -0.122. The Morgan fingerprint density at radius 1 is 0.912 bits per heavy atom. The molecule has 0 aromatic carbocycles. The molecule has 0 aromatic rings. The maximum absolute atomic E-state index is 11.3. The molecule has 2 atom stereocenters.